The maximum absolute atomic E-state index is 11.9. The Bertz CT molecular complexity index is 492. The summed E-state index contributed by atoms with van der Waals surface area (Å²) in [5, 5.41) is 0. The minimum atomic E-state index is -0.351. The van der Waals surface area contributed by atoms with Crippen molar-refractivity contribution in [2.45, 2.75) is 20.8 Å². The van der Waals surface area contributed by atoms with Crippen LogP contribution in [0.5, 0.6) is 0 Å². The molecule has 0 unspecified atom stereocenters. The standard InChI is InChI=1S/C16H20O4/c1-4-19-15(18)13-12(16(13,2)3)10-20-14(17)11-8-6-5-7-9-11/h5-9,12-13H,4,10H2,1-3H3/t12-,13-/m0/s1. The van der Waals surface area contributed by atoms with Gasteiger partial charge in [0, 0.05) is 5.92 Å². The van der Waals surface area contributed by atoms with Gasteiger partial charge < -0.3 is 9.47 Å². The van der Waals surface area contributed by atoms with Gasteiger partial charge in [-0.2, -0.15) is 0 Å². The topological polar surface area (TPSA) is 52.6 Å². The molecule has 0 saturated heterocycles. The molecule has 2 rings (SSSR count). The Labute approximate surface area is 119 Å². The van der Waals surface area contributed by atoms with E-state index < -0.39 is 0 Å². The number of carbonyl (C=O) groups is 2. The zero-order chi connectivity index (χ0) is 14.8. The smallest absolute Gasteiger partial charge is 0.338 e. The normalized spacial score (nSPS) is 22.9. The average Bonchev–Trinajstić information content (AvgIpc) is 2.99. The largest absolute Gasteiger partial charge is 0.466 e. The van der Waals surface area contributed by atoms with Gasteiger partial charge in [0.1, 0.15) is 0 Å². The summed E-state index contributed by atoms with van der Waals surface area (Å²) < 4.78 is 10.3. The lowest BCUT2D eigenvalue weighted by Gasteiger charge is -2.05. The minimum absolute atomic E-state index is 0.0363. The summed E-state index contributed by atoms with van der Waals surface area (Å²) in [6.07, 6.45) is 0. The highest BCUT2D eigenvalue weighted by molar-refractivity contribution is 5.89. The van der Waals surface area contributed by atoms with E-state index in [1.54, 1.807) is 31.2 Å². The van der Waals surface area contributed by atoms with Crippen LogP contribution in [-0.4, -0.2) is 25.2 Å². The van der Waals surface area contributed by atoms with E-state index in [0.29, 0.717) is 12.2 Å². The molecule has 1 aliphatic carbocycles. The van der Waals surface area contributed by atoms with Crippen LogP contribution in [0.3, 0.4) is 0 Å². The molecule has 0 aliphatic heterocycles. The number of benzene rings is 1. The Morgan fingerprint density at radius 3 is 2.40 bits per heavy atom. The molecule has 1 fully saturated rings. The van der Waals surface area contributed by atoms with Crippen LogP contribution in [0.4, 0.5) is 0 Å². The van der Waals surface area contributed by atoms with E-state index >= 15 is 0 Å². The Kier molecular flexibility index (Phi) is 4.12. The van der Waals surface area contributed by atoms with Gasteiger partial charge in [0.05, 0.1) is 24.7 Å². The van der Waals surface area contributed by atoms with Crippen molar-refractivity contribution in [2.75, 3.05) is 13.2 Å². The van der Waals surface area contributed by atoms with Gasteiger partial charge in [0.15, 0.2) is 0 Å². The summed E-state index contributed by atoms with van der Waals surface area (Å²) in [5.74, 6) is -0.686. The van der Waals surface area contributed by atoms with E-state index in [-0.39, 0.29) is 35.8 Å². The Hall–Kier alpha value is -1.84. The van der Waals surface area contributed by atoms with E-state index in [4.69, 9.17) is 9.47 Å². The summed E-state index contributed by atoms with van der Waals surface area (Å²) in [5.41, 5.74) is 0.363. The van der Waals surface area contributed by atoms with Gasteiger partial charge in [0.25, 0.3) is 0 Å². The van der Waals surface area contributed by atoms with E-state index in [1.165, 1.54) is 0 Å². The van der Waals surface area contributed by atoms with Crippen molar-refractivity contribution in [1.29, 1.82) is 0 Å². The molecule has 1 saturated carbocycles. The Morgan fingerprint density at radius 2 is 1.80 bits per heavy atom. The van der Waals surface area contributed by atoms with Crippen molar-refractivity contribution in [3.63, 3.8) is 0 Å². The third kappa shape index (κ3) is 2.84. The van der Waals surface area contributed by atoms with Gasteiger partial charge >= 0.3 is 11.9 Å². The molecule has 1 aromatic rings. The molecule has 1 aromatic carbocycles. The van der Waals surface area contributed by atoms with Crippen LogP contribution in [0.2, 0.25) is 0 Å². The third-order valence-corrected chi connectivity index (χ3v) is 3.99. The number of hydrogen-bond acceptors (Lipinski definition) is 4. The second-order valence-corrected chi connectivity index (χ2v) is 5.62. The highest BCUT2D eigenvalue weighted by Crippen LogP contribution is 2.58. The molecule has 0 radical (unpaired) electrons. The van der Waals surface area contributed by atoms with E-state index in [0.717, 1.165) is 0 Å². The fourth-order valence-corrected chi connectivity index (χ4v) is 2.58. The van der Waals surface area contributed by atoms with Crippen LogP contribution in [0.1, 0.15) is 31.1 Å². The summed E-state index contributed by atoms with van der Waals surface area (Å²) in [4.78, 5) is 23.6. The van der Waals surface area contributed by atoms with Gasteiger partial charge in [-0.3, -0.25) is 4.79 Å². The van der Waals surface area contributed by atoms with Crippen molar-refractivity contribution >= 4 is 11.9 Å². The first-order valence-electron chi connectivity index (χ1n) is 6.87. The van der Waals surface area contributed by atoms with Gasteiger partial charge in [-0.25, -0.2) is 4.79 Å². The Morgan fingerprint density at radius 1 is 1.15 bits per heavy atom. The molecule has 20 heavy (non-hydrogen) atoms. The molecular formula is C16H20O4. The molecule has 0 heterocycles. The molecule has 0 aromatic heterocycles. The van der Waals surface area contributed by atoms with Gasteiger partial charge in [0.2, 0.25) is 0 Å². The van der Waals surface area contributed by atoms with Crippen molar-refractivity contribution in [3.8, 4) is 0 Å². The maximum Gasteiger partial charge on any atom is 0.338 e. The van der Waals surface area contributed by atoms with Crippen LogP contribution < -0.4 is 0 Å². The number of carbonyl (C=O) groups excluding carboxylic acids is 2. The molecule has 4 heteroatoms. The first-order valence-corrected chi connectivity index (χ1v) is 6.87. The molecule has 108 valence electrons. The SMILES string of the molecule is CCOC(=O)[C@@H]1[C@H](COC(=O)c2ccccc2)C1(C)C. The van der Waals surface area contributed by atoms with Gasteiger partial charge in [-0.05, 0) is 24.5 Å². The zero-order valence-corrected chi connectivity index (χ0v) is 12.1. The third-order valence-electron chi connectivity index (χ3n) is 3.99. The average molecular weight is 276 g/mol. The van der Waals surface area contributed by atoms with Gasteiger partial charge in [-0.15, -0.1) is 0 Å². The fraction of sp³-hybridized carbons (Fsp3) is 0.500. The number of esters is 2. The second kappa shape index (κ2) is 5.65. The predicted octanol–water partition coefficient (Wildman–Crippen LogP) is 2.68. The van der Waals surface area contributed by atoms with E-state index in [9.17, 15) is 9.59 Å². The zero-order valence-electron chi connectivity index (χ0n) is 12.1. The summed E-state index contributed by atoms with van der Waals surface area (Å²) in [6.45, 7) is 6.41. The lowest BCUT2D eigenvalue weighted by atomic mass is 10.1. The van der Waals surface area contributed by atoms with Crippen molar-refractivity contribution in [2.24, 2.45) is 17.3 Å². The minimum Gasteiger partial charge on any atom is -0.466 e. The van der Waals surface area contributed by atoms with Crippen LogP contribution in [0.15, 0.2) is 30.3 Å². The van der Waals surface area contributed by atoms with Crippen LogP contribution >= 0.6 is 0 Å². The van der Waals surface area contributed by atoms with Crippen molar-refractivity contribution in [1.82, 2.24) is 0 Å². The monoisotopic (exact) mass is 276 g/mol. The van der Waals surface area contributed by atoms with Crippen LogP contribution in [0, 0.1) is 17.3 Å². The summed E-state index contributed by atoms with van der Waals surface area (Å²) in [7, 11) is 0. The Balaban J connectivity index is 1.89. The molecule has 0 bridgehead atoms. The van der Waals surface area contributed by atoms with Crippen LogP contribution in [-0.2, 0) is 14.3 Å². The number of hydrogen-bond donors (Lipinski definition) is 0. The lowest BCUT2D eigenvalue weighted by Crippen LogP contribution is -2.12. The summed E-state index contributed by atoms with van der Waals surface area (Å²) >= 11 is 0. The molecule has 2 atom stereocenters. The summed E-state index contributed by atoms with van der Waals surface area (Å²) in [6, 6.07) is 8.85. The molecule has 0 spiro atoms. The quantitative estimate of drug-likeness (QED) is 0.776. The maximum atomic E-state index is 11.9. The number of rotatable bonds is 5. The predicted molar refractivity (Wildman–Crippen MR) is 74.1 cm³/mol. The molecule has 1 aliphatic rings. The highest BCUT2D eigenvalue weighted by Gasteiger charge is 2.63. The lowest BCUT2D eigenvalue weighted by molar-refractivity contribution is -0.145. The molecule has 0 N–H and O–H groups in total. The van der Waals surface area contributed by atoms with Crippen LogP contribution in [0.25, 0.3) is 0 Å². The van der Waals surface area contributed by atoms with Crippen molar-refractivity contribution in [3.05, 3.63) is 35.9 Å². The fourth-order valence-electron chi connectivity index (χ4n) is 2.58. The first-order chi connectivity index (χ1) is 9.48. The second-order valence-electron chi connectivity index (χ2n) is 5.62. The molecule has 0 amide bonds. The van der Waals surface area contributed by atoms with E-state index in [2.05, 4.69) is 0 Å². The van der Waals surface area contributed by atoms with Gasteiger partial charge in [-0.1, -0.05) is 32.0 Å². The van der Waals surface area contributed by atoms with E-state index in [1.807, 2.05) is 19.9 Å². The molecule has 4 nitrogen and oxygen atoms in total. The molecular weight excluding hydrogens is 256 g/mol. The number of ether oxygens (including phenoxy) is 2. The first kappa shape index (κ1) is 14.6. The highest BCUT2D eigenvalue weighted by atomic mass is 16.5. The van der Waals surface area contributed by atoms with Crippen molar-refractivity contribution < 1.29 is 19.1 Å².